The van der Waals surface area contributed by atoms with Crippen molar-refractivity contribution in [3.8, 4) is 0 Å². The van der Waals surface area contributed by atoms with Gasteiger partial charge in [-0.1, -0.05) is 18.5 Å². The second-order valence-electron chi connectivity index (χ2n) is 5.32. The Morgan fingerprint density at radius 1 is 1.37 bits per heavy atom. The van der Waals surface area contributed by atoms with E-state index in [1.165, 1.54) is 12.8 Å². The lowest BCUT2D eigenvalue weighted by molar-refractivity contribution is 0.0113. The highest BCUT2D eigenvalue weighted by Crippen LogP contribution is 2.25. The van der Waals surface area contributed by atoms with Crippen LogP contribution in [0.5, 0.6) is 0 Å². The second kappa shape index (κ2) is 6.73. The van der Waals surface area contributed by atoms with Crippen LogP contribution in [0.15, 0.2) is 0 Å². The van der Waals surface area contributed by atoms with Gasteiger partial charge in [-0.3, -0.25) is 4.68 Å². The van der Waals surface area contributed by atoms with Gasteiger partial charge < -0.3 is 10.1 Å². The van der Waals surface area contributed by atoms with E-state index in [2.05, 4.69) is 17.3 Å². The van der Waals surface area contributed by atoms with Gasteiger partial charge in [0.2, 0.25) is 0 Å². The molecule has 1 aromatic heterocycles. The molecule has 0 aliphatic heterocycles. The molecular formula is C14H24ClN3O. The van der Waals surface area contributed by atoms with Crippen LogP contribution in [0.2, 0.25) is 5.15 Å². The van der Waals surface area contributed by atoms with Crippen LogP contribution in [0.1, 0.15) is 43.9 Å². The fourth-order valence-electron chi connectivity index (χ4n) is 2.76. The van der Waals surface area contributed by atoms with Gasteiger partial charge >= 0.3 is 0 Å². The van der Waals surface area contributed by atoms with E-state index in [0.717, 1.165) is 30.6 Å². The Morgan fingerprint density at radius 2 is 2.05 bits per heavy atom. The third-order valence-electron chi connectivity index (χ3n) is 3.90. The van der Waals surface area contributed by atoms with Crippen LogP contribution in [0.25, 0.3) is 0 Å². The zero-order valence-electron chi connectivity index (χ0n) is 12.1. The summed E-state index contributed by atoms with van der Waals surface area (Å²) in [4.78, 5) is 0. The minimum atomic E-state index is 0.366. The summed E-state index contributed by atoms with van der Waals surface area (Å²) in [6.07, 6.45) is 5.05. The Bertz CT molecular complexity index is 411. The van der Waals surface area contributed by atoms with Crippen LogP contribution >= 0.6 is 11.6 Å². The fraction of sp³-hybridized carbons (Fsp3) is 0.786. The van der Waals surface area contributed by atoms with Gasteiger partial charge in [0.15, 0.2) is 0 Å². The normalized spacial score (nSPS) is 23.8. The molecule has 5 heteroatoms. The summed E-state index contributed by atoms with van der Waals surface area (Å²) in [5, 5.41) is 8.51. The molecule has 1 heterocycles. The quantitative estimate of drug-likeness (QED) is 0.904. The van der Waals surface area contributed by atoms with Crippen LogP contribution in [0.4, 0.5) is 0 Å². The molecule has 108 valence electrons. The van der Waals surface area contributed by atoms with E-state index in [4.69, 9.17) is 16.3 Å². The molecule has 1 fully saturated rings. The molecule has 0 amide bonds. The third-order valence-corrected chi connectivity index (χ3v) is 4.37. The number of aromatic nitrogens is 2. The number of hydrogen-bond acceptors (Lipinski definition) is 3. The third kappa shape index (κ3) is 3.71. The topological polar surface area (TPSA) is 39.1 Å². The van der Waals surface area contributed by atoms with Gasteiger partial charge in [0.05, 0.1) is 18.4 Å². The van der Waals surface area contributed by atoms with Crippen LogP contribution in [0, 0.1) is 6.92 Å². The van der Waals surface area contributed by atoms with E-state index in [1.54, 1.807) is 4.68 Å². The zero-order chi connectivity index (χ0) is 13.8. The van der Waals surface area contributed by atoms with Crippen molar-refractivity contribution in [1.29, 1.82) is 0 Å². The Morgan fingerprint density at radius 3 is 2.58 bits per heavy atom. The van der Waals surface area contributed by atoms with Gasteiger partial charge in [0, 0.05) is 18.7 Å². The van der Waals surface area contributed by atoms with Crippen molar-refractivity contribution in [1.82, 2.24) is 15.1 Å². The van der Waals surface area contributed by atoms with Crippen LogP contribution in [0.3, 0.4) is 0 Å². The molecule has 0 radical (unpaired) electrons. The summed E-state index contributed by atoms with van der Waals surface area (Å²) in [6.45, 7) is 5.78. The Hall–Kier alpha value is -0.580. The first-order valence-corrected chi connectivity index (χ1v) is 7.52. The molecular weight excluding hydrogens is 262 g/mol. The molecule has 4 nitrogen and oxygen atoms in total. The number of aryl methyl sites for hydroxylation is 2. The molecule has 19 heavy (non-hydrogen) atoms. The molecule has 1 saturated carbocycles. The number of nitrogens with zero attached hydrogens (tertiary/aromatic N) is 2. The summed E-state index contributed by atoms with van der Waals surface area (Å²) in [5.74, 6) is 0. The van der Waals surface area contributed by atoms with Gasteiger partial charge in [-0.15, -0.1) is 0 Å². The van der Waals surface area contributed by atoms with Crippen LogP contribution < -0.4 is 5.32 Å². The molecule has 1 N–H and O–H groups in total. The fourth-order valence-corrected chi connectivity index (χ4v) is 2.99. The van der Waals surface area contributed by atoms with Gasteiger partial charge in [-0.25, -0.2) is 0 Å². The van der Waals surface area contributed by atoms with E-state index < -0.39 is 0 Å². The molecule has 1 aliphatic rings. The van der Waals surface area contributed by atoms with Crippen LogP contribution in [-0.2, 0) is 18.4 Å². The predicted molar refractivity (Wildman–Crippen MR) is 77.5 cm³/mol. The second-order valence-corrected chi connectivity index (χ2v) is 5.68. The Kier molecular flexibility index (Phi) is 5.25. The molecule has 0 spiro atoms. The number of hydrogen-bond donors (Lipinski definition) is 1. The number of halogens is 1. The van der Waals surface area contributed by atoms with Crippen molar-refractivity contribution in [2.45, 2.75) is 58.3 Å². The summed E-state index contributed by atoms with van der Waals surface area (Å²) in [7, 11) is 1.86. The highest BCUT2D eigenvalue weighted by Gasteiger charge is 2.22. The smallest absolute Gasteiger partial charge is 0.132 e. The van der Waals surface area contributed by atoms with E-state index in [9.17, 15) is 0 Å². The Labute approximate surface area is 120 Å². The zero-order valence-corrected chi connectivity index (χ0v) is 12.8. The SMILES string of the molecule is CCNC1CCC(OCc2c(C)nn(C)c2Cl)CC1. The monoisotopic (exact) mass is 285 g/mol. The molecule has 0 unspecified atom stereocenters. The van der Waals surface area contributed by atoms with Crippen molar-refractivity contribution in [2.75, 3.05) is 6.54 Å². The maximum Gasteiger partial charge on any atom is 0.132 e. The average Bonchev–Trinajstić information content (AvgIpc) is 2.64. The molecule has 0 saturated heterocycles. The van der Waals surface area contributed by atoms with Gasteiger partial charge in [-0.2, -0.15) is 5.10 Å². The summed E-state index contributed by atoms with van der Waals surface area (Å²) >= 11 is 6.21. The molecule has 1 aromatic rings. The van der Waals surface area contributed by atoms with Crippen molar-refractivity contribution in [3.63, 3.8) is 0 Å². The summed E-state index contributed by atoms with van der Waals surface area (Å²) < 4.78 is 7.71. The maximum atomic E-state index is 6.21. The average molecular weight is 286 g/mol. The minimum absolute atomic E-state index is 0.366. The first-order valence-electron chi connectivity index (χ1n) is 7.14. The maximum absolute atomic E-state index is 6.21. The van der Waals surface area contributed by atoms with Crippen LogP contribution in [-0.4, -0.2) is 28.5 Å². The van der Waals surface area contributed by atoms with Gasteiger partial charge in [-0.05, 0) is 39.2 Å². The molecule has 0 atom stereocenters. The van der Waals surface area contributed by atoms with Crippen molar-refractivity contribution < 1.29 is 4.74 Å². The van der Waals surface area contributed by atoms with Crippen molar-refractivity contribution >= 4 is 11.6 Å². The number of nitrogens with one attached hydrogen (secondary N) is 1. The molecule has 0 bridgehead atoms. The first-order chi connectivity index (χ1) is 9.11. The van der Waals surface area contributed by atoms with E-state index in [1.807, 2.05) is 14.0 Å². The predicted octanol–water partition coefficient (Wildman–Crippen LogP) is 2.82. The number of ether oxygens (including phenoxy) is 1. The molecule has 1 aliphatic carbocycles. The number of rotatable bonds is 5. The molecule has 0 aromatic carbocycles. The highest BCUT2D eigenvalue weighted by atomic mass is 35.5. The lowest BCUT2D eigenvalue weighted by Crippen LogP contribution is -2.35. The van der Waals surface area contributed by atoms with E-state index in [-0.39, 0.29) is 0 Å². The minimum Gasteiger partial charge on any atom is -0.373 e. The van der Waals surface area contributed by atoms with E-state index in [0.29, 0.717) is 23.9 Å². The largest absolute Gasteiger partial charge is 0.373 e. The standard InChI is InChI=1S/C14H24ClN3O/c1-4-16-11-5-7-12(8-6-11)19-9-13-10(2)17-18(3)14(13)15/h11-12,16H,4-9H2,1-3H3. The van der Waals surface area contributed by atoms with Crippen molar-refractivity contribution in [3.05, 3.63) is 16.4 Å². The Balaban J connectivity index is 1.80. The first kappa shape index (κ1) is 14.8. The highest BCUT2D eigenvalue weighted by molar-refractivity contribution is 6.30. The van der Waals surface area contributed by atoms with E-state index >= 15 is 0 Å². The van der Waals surface area contributed by atoms with Gasteiger partial charge in [0.1, 0.15) is 5.15 Å². The lowest BCUT2D eigenvalue weighted by atomic mass is 9.93. The van der Waals surface area contributed by atoms with Crippen molar-refractivity contribution in [2.24, 2.45) is 7.05 Å². The van der Waals surface area contributed by atoms with Gasteiger partial charge in [0.25, 0.3) is 0 Å². The molecule has 2 rings (SSSR count). The lowest BCUT2D eigenvalue weighted by Gasteiger charge is -2.29. The summed E-state index contributed by atoms with van der Waals surface area (Å²) in [5.41, 5.74) is 1.99. The summed E-state index contributed by atoms with van der Waals surface area (Å²) in [6, 6.07) is 0.675.